The predicted octanol–water partition coefficient (Wildman–Crippen LogP) is 5.28. The highest BCUT2D eigenvalue weighted by Crippen LogP contribution is 2.26. The molecule has 7 nitrogen and oxygen atoms in total. The second-order valence-corrected chi connectivity index (χ2v) is 13.3. The van der Waals surface area contributed by atoms with Crippen LogP contribution in [0.3, 0.4) is 0 Å². The van der Waals surface area contributed by atoms with E-state index in [4.69, 9.17) is 11.5 Å². The summed E-state index contributed by atoms with van der Waals surface area (Å²) >= 11 is 0. The van der Waals surface area contributed by atoms with Crippen molar-refractivity contribution < 1.29 is 9.59 Å². The minimum atomic E-state index is -0.641. The van der Waals surface area contributed by atoms with Gasteiger partial charge in [0.15, 0.2) is 0 Å². The van der Waals surface area contributed by atoms with Gasteiger partial charge in [-0.1, -0.05) is 98.8 Å². The number of hydrogen-bond donors (Lipinski definition) is 3. The molecule has 0 aliphatic carbocycles. The molecular formula is C39H51N5O2. The first-order valence-electron chi connectivity index (χ1n) is 17.0. The summed E-state index contributed by atoms with van der Waals surface area (Å²) in [7, 11) is 0. The number of piperazine rings is 1. The van der Waals surface area contributed by atoms with Gasteiger partial charge in [-0.3, -0.25) is 9.59 Å². The third kappa shape index (κ3) is 8.72. The zero-order valence-corrected chi connectivity index (χ0v) is 27.5. The Labute approximate surface area is 274 Å². The van der Waals surface area contributed by atoms with E-state index in [1.165, 1.54) is 21.7 Å². The van der Waals surface area contributed by atoms with E-state index < -0.39 is 6.04 Å². The van der Waals surface area contributed by atoms with Crippen LogP contribution in [0.2, 0.25) is 0 Å². The molecule has 0 bridgehead atoms. The molecule has 46 heavy (non-hydrogen) atoms. The largest absolute Gasteiger partial charge is 0.336 e. The van der Waals surface area contributed by atoms with Crippen LogP contribution in [0.25, 0.3) is 21.5 Å². The average Bonchev–Trinajstić information content (AvgIpc) is 3.06. The smallest absolute Gasteiger partial charge is 0.240 e. The number of hydrogen-bond acceptors (Lipinski definition) is 5. The molecular weight excluding hydrogens is 570 g/mol. The molecule has 5 N–H and O–H groups in total. The Kier molecular flexibility index (Phi) is 11.8. The lowest BCUT2D eigenvalue weighted by atomic mass is 9.93. The highest BCUT2D eigenvalue weighted by atomic mass is 16.2. The van der Waals surface area contributed by atoms with Crippen LogP contribution in [0.15, 0.2) is 84.9 Å². The summed E-state index contributed by atoms with van der Waals surface area (Å²) in [5, 5.41) is 8.10. The minimum Gasteiger partial charge on any atom is -0.336 e. The molecule has 1 aliphatic rings. The maximum absolute atomic E-state index is 14.1. The topological polar surface area (TPSA) is 105 Å². The molecule has 0 radical (unpaired) electrons. The summed E-state index contributed by atoms with van der Waals surface area (Å²) in [4.78, 5) is 32.1. The number of nitrogens with two attached hydrogens (primary N) is 2. The van der Waals surface area contributed by atoms with Gasteiger partial charge in [0.2, 0.25) is 11.8 Å². The van der Waals surface area contributed by atoms with Crippen molar-refractivity contribution in [2.45, 2.75) is 70.5 Å². The normalized spacial score (nSPS) is 17.6. The van der Waals surface area contributed by atoms with Crippen molar-refractivity contribution in [1.82, 2.24) is 15.1 Å². The molecule has 244 valence electrons. The van der Waals surface area contributed by atoms with Crippen LogP contribution >= 0.6 is 0 Å². The SMILES string of the molecule is CC(C)C[C@@H]1CN(C(=O)CCc2ccc3ccccc3c2)C(CCCNCCN)CN1C(=O)C(N)Cc1ccc2ccccc2c1. The van der Waals surface area contributed by atoms with Crippen LogP contribution in [-0.4, -0.2) is 72.5 Å². The van der Waals surface area contributed by atoms with E-state index in [0.29, 0.717) is 44.8 Å². The van der Waals surface area contributed by atoms with E-state index in [2.05, 4.69) is 84.7 Å². The second-order valence-electron chi connectivity index (χ2n) is 13.3. The molecule has 2 unspecified atom stereocenters. The Morgan fingerprint density at radius 3 is 2.07 bits per heavy atom. The number of benzene rings is 4. The number of nitrogens with one attached hydrogen (secondary N) is 1. The first-order valence-corrected chi connectivity index (χ1v) is 17.0. The van der Waals surface area contributed by atoms with E-state index in [0.717, 1.165) is 43.3 Å². The van der Waals surface area contributed by atoms with Crippen LogP contribution in [0, 0.1) is 5.92 Å². The first kappa shape index (κ1) is 33.6. The molecule has 5 rings (SSSR count). The lowest BCUT2D eigenvalue weighted by Crippen LogP contribution is -2.63. The van der Waals surface area contributed by atoms with Crippen LogP contribution in [0.5, 0.6) is 0 Å². The Morgan fingerprint density at radius 2 is 1.41 bits per heavy atom. The molecule has 1 heterocycles. The van der Waals surface area contributed by atoms with E-state index in [1.807, 2.05) is 29.2 Å². The van der Waals surface area contributed by atoms with Gasteiger partial charge in [0, 0.05) is 44.7 Å². The number of amides is 2. The molecule has 3 atom stereocenters. The maximum Gasteiger partial charge on any atom is 0.240 e. The number of fused-ring (bicyclic) bond motifs is 2. The van der Waals surface area contributed by atoms with Gasteiger partial charge in [-0.2, -0.15) is 0 Å². The number of carbonyl (C=O) groups excluding carboxylic acids is 2. The second kappa shape index (κ2) is 16.2. The summed E-state index contributed by atoms with van der Waals surface area (Å²) in [6.07, 6.45) is 4.17. The van der Waals surface area contributed by atoms with Gasteiger partial charge in [0.05, 0.1) is 6.04 Å². The zero-order valence-electron chi connectivity index (χ0n) is 27.5. The number of nitrogens with zero attached hydrogens (tertiary/aromatic N) is 2. The Morgan fingerprint density at radius 1 is 0.804 bits per heavy atom. The molecule has 4 aromatic rings. The van der Waals surface area contributed by atoms with Crippen molar-refractivity contribution >= 4 is 33.4 Å². The van der Waals surface area contributed by atoms with Gasteiger partial charge >= 0.3 is 0 Å². The van der Waals surface area contributed by atoms with Crippen molar-refractivity contribution in [1.29, 1.82) is 0 Å². The van der Waals surface area contributed by atoms with Gasteiger partial charge in [0.1, 0.15) is 0 Å². The summed E-state index contributed by atoms with van der Waals surface area (Å²) in [5.41, 5.74) is 14.6. The third-order valence-electron chi connectivity index (χ3n) is 9.28. The molecule has 4 aromatic carbocycles. The van der Waals surface area contributed by atoms with Crippen LogP contribution in [0.1, 0.15) is 50.7 Å². The maximum atomic E-state index is 14.1. The van der Waals surface area contributed by atoms with Crippen LogP contribution in [-0.2, 0) is 22.4 Å². The number of rotatable bonds is 14. The van der Waals surface area contributed by atoms with Crippen molar-refractivity contribution in [3.8, 4) is 0 Å². The van der Waals surface area contributed by atoms with Crippen LogP contribution < -0.4 is 16.8 Å². The number of carbonyl (C=O) groups is 2. The van der Waals surface area contributed by atoms with E-state index in [-0.39, 0.29) is 23.9 Å². The molecule has 7 heteroatoms. The third-order valence-corrected chi connectivity index (χ3v) is 9.28. The van der Waals surface area contributed by atoms with Gasteiger partial charge < -0.3 is 26.6 Å². The summed E-state index contributed by atoms with van der Waals surface area (Å²) in [5.74, 6) is 0.520. The average molecular weight is 622 g/mol. The highest BCUT2D eigenvalue weighted by molar-refractivity contribution is 5.86. The van der Waals surface area contributed by atoms with Gasteiger partial charge in [0.25, 0.3) is 0 Å². The lowest BCUT2D eigenvalue weighted by molar-refractivity contribution is -0.148. The van der Waals surface area contributed by atoms with Crippen molar-refractivity contribution in [2.75, 3.05) is 32.7 Å². The highest BCUT2D eigenvalue weighted by Gasteiger charge is 2.39. The summed E-state index contributed by atoms with van der Waals surface area (Å²) < 4.78 is 0. The van der Waals surface area contributed by atoms with Gasteiger partial charge in [-0.15, -0.1) is 0 Å². The van der Waals surface area contributed by atoms with Crippen molar-refractivity contribution in [3.63, 3.8) is 0 Å². The summed E-state index contributed by atoms with van der Waals surface area (Å²) in [6, 6.07) is 28.6. The summed E-state index contributed by atoms with van der Waals surface area (Å²) in [6.45, 7) is 7.61. The monoisotopic (exact) mass is 621 g/mol. The molecule has 1 fully saturated rings. The quantitative estimate of drug-likeness (QED) is 0.166. The molecule has 0 saturated carbocycles. The van der Waals surface area contributed by atoms with Gasteiger partial charge in [-0.05, 0) is 77.2 Å². The fraction of sp³-hybridized carbons (Fsp3) is 0.436. The van der Waals surface area contributed by atoms with E-state index >= 15 is 0 Å². The van der Waals surface area contributed by atoms with E-state index in [1.54, 1.807) is 0 Å². The molecule has 1 aliphatic heterocycles. The van der Waals surface area contributed by atoms with Crippen molar-refractivity contribution in [2.24, 2.45) is 17.4 Å². The Hall–Kier alpha value is -3.78. The lowest BCUT2D eigenvalue weighted by Gasteiger charge is -2.48. The molecule has 0 spiro atoms. The van der Waals surface area contributed by atoms with Gasteiger partial charge in [-0.25, -0.2) is 0 Å². The fourth-order valence-electron chi connectivity index (χ4n) is 6.92. The standard InChI is InChI=1S/C39H51N5O2/c1-28(2)22-36-27-43(38(45)18-15-29-13-16-31-8-3-5-10-33(31)23-29)35(12-7-20-42-21-19-40)26-44(36)39(46)37(41)25-30-14-17-32-9-4-6-11-34(32)24-30/h3-6,8-11,13-14,16-17,23-24,28,35-37,42H,7,12,15,18-22,25-27,40-41H2,1-2H3/t35?,36-,37?/m1/s1. The van der Waals surface area contributed by atoms with E-state index in [9.17, 15) is 9.59 Å². The minimum absolute atomic E-state index is 0.0201. The molecule has 1 saturated heterocycles. The Bertz CT molecular complexity index is 1600. The fourth-order valence-corrected chi connectivity index (χ4v) is 6.92. The Balaban J connectivity index is 1.31. The number of aryl methyl sites for hydroxylation is 1. The molecule has 2 amide bonds. The molecule has 0 aromatic heterocycles. The van der Waals surface area contributed by atoms with Crippen molar-refractivity contribution in [3.05, 3.63) is 96.1 Å². The predicted molar refractivity (Wildman–Crippen MR) is 190 cm³/mol. The van der Waals surface area contributed by atoms with Crippen LogP contribution in [0.4, 0.5) is 0 Å². The first-order chi connectivity index (χ1) is 22.3. The zero-order chi connectivity index (χ0) is 32.5.